The maximum Gasteiger partial charge on any atom is 0.433 e. The summed E-state index contributed by atoms with van der Waals surface area (Å²) in [5.41, 5.74) is -0.655. The van der Waals surface area contributed by atoms with Crippen LogP contribution < -0.4 is 0 Å². The molecule has 0 amide bonds. The van der Waals surface area contributed by atoms with E-state index in [-0.39, 0.29) is 16.8 Å². The predicted octanol–water partition coefficient (Wildman–Crippen LogP) is 2.55. The molecule has 0 radical (unpaired) electrons. The molecular formula is C10H9F3N2O2S. The van der Waals surface area contributed by atoms with Crippen molar-refractivity contribution in [2.75, 3.05) is 5.75 Å². The first-order valence-corrected chi connectivity index (χ1v) is 6.15. The summed E-state index contributed by atoms with van der Waals surface area (Å²) in [4.78, 5) is 17.7. The number of thioether (sulfide) groups is 1. The summed E-state index contributed by atoms with van der Waals surface area (Å²) in [5, 5.41) is 8.37. The lowest BCUT2D eigenvalue weighted by molar-refractivity contribution is -0.141. The van der Waals surface area contributed by atoms with Crippen LogP contribution in [0.4, 0.5) is 13.2 Å². The second-order valence-electron chi connectivity index (χ2n) is 3.92. The Hall–Kier alpha value is -1.31. The number of rotatable bonds is 4. The topological polar surface area (TPSA) is 63.1 Å². The molecule has 1 heterocycles. The normalized spacial score (nSPS) is 15.7. The summed E-state index contributed by atoms with van der Waals surface area (Å²) in [7, 11) is 0. The van der Waals surface area contributed by atoms with Crippen molar-refractivity contribution in [2.24, 2.45) is 0 Å². The fourth-order valence-corrected chi connectivity index (χ4v) is 1.95. The van der Waals surface area contributed by atoms with Crippen molar-refractivity contribution in [1.29, 1.82) is 0 Å². The van der Waals surface area contributed by atoms with E-state index in [0.29, 0.717) is 17.5 Å². The van der Waals surface area contributed by atoms with Crippen LogP contribution in [0.2, 0.25) is 0 Å². The summed E-state index contributed by atoms with van der Waals surface area (Å²) in [6, 6.07) is 0.947. The highest BCUT2D eigenvalue weighted by Crippen LogP contribution is 2.41. The number of carbonyl (C=O) groups is 1. The number of hydrogen-bond acceptors (Lipinski definition) is 4. The highest BCUT2D eigenvalue weighted by molar-refractivity contribution is 7.99. The van der Waals surface area contributed by atoms with Gasteiger partial charge in [-0.2, -0.15) is 13.2 Å². The molecule has 0 atom stereocenters. The summed E-state index contributed by atoms with van der Waals surface area (Å²) in [5.74, 6) is -1.42. The lowest BCUT2D eigenvalue weighted by atomic mass is 10.2. The molecular weight excluding hydrogens is 269 g/mol. The number of carboxylic acids is 1. The van der Waals surface area contributed by atoms with Crippen molar-refractivity contribution >= 4 is 17.7 Å². The molecule has 1 saturated carbocycles. The summed E-state index contributed by atoms with van der Waals surface area (Å²) in [6.45, 7) is 0. The Morgan fingerprint density at radius 2 is 2.11 bits per heavy atom. The standard InChI is InChI=1S/C10H9F3N2O2S/c11-10(12,13)7-3-6(5-1-2-5)14-9(15-7)18-4-8(16)17/h3,5H,1-2,4H2,(H,16,17). The number of halogens is 3. The summed E-state index contributed by atoms with van der Waals surface area (Å²) < 4.78 is 37.8. The van der Waals surface area contributed by atoms with Gasteiger partial charge in [0, 0.05) is 11.6 Å². The van der Waals surface area contributed by atoms with Crippen molar-refractivity contribution in [2.45, 2.75) is 30.1 Å². The molecule has 1 aromatic heterocycles. The van der Waals surface area contributed by atoms with Gasteiger partial charge in [0.05, 0.1) is 5.75 Å². The quantitative estimate of drug-likeness (QED) is 0.677. The maximum atomic E-state index is 12.6. The Morgan fingerprint density at radius 1 is 1.44 bits per heavy atom. The lowest BCUT2D eigenvalue weighted by Crippen LogP contribution is -2.11. The van der Waals surface area contributed by atoms with Crippen LogP contribution in [-0.4, -0.2) is 26.8 Å². The SMILES string of the molecule is O=C(O)CSc1nc(C2CC2)cc(C(F)(F)F)n1. The van der Waals surface area contributed by atoms with Crippen LogP contribution in [-0.2, 0) is 11.0 Å². The molecule has 1 fully saturated rings. The molecule has 18 heavy (non-hydrogen) atoms. The largest absolute Gasteiger partial charge is 0.481 e. The molecule has 1 N–H and O–H groups in total. The number of aliphatic carboxylic acids is 1. The summed E-state index contributed by atoms with van der Waals surface area (Å²) >= 11 is 0.696. The number of carboxylic acid groups (broad SMARTS) is 1. The minimum Gasteiger partial charge on any atom is -0.481 e. The first-order valence-electron chi connectivity index (χ1n) is 5.17. The first-order chi connectivity index (χ1) is 8.36. The van der Waals surface area contributed by atoms with Gasteiger partial charge in [0.2, 0.25) is 0 Å². The Bertz CT molecular complexity index is 475. The van der Waals surface area contributed by atoms with Crippen LogP contribution >= 0.6 is 11.8 Å². The summed E-state index contributed by atoms with van der Waals surface area (Å²) in [6.07, 6.45) is -2.90. The average molecular weight is 278 g/mol. The Morgan fingerprint density at radius 3 is 2.61 bits per heavy atom. The van der Waals surface area contributed by atoms with E-state index in [1.54, 1.807) is 0 Å². The second kappa shape index (κ2) is 4.75. The van der Waals surface area contributed by atoms with Crippen LogP contribution in [0, 0.1) is 0 Å². The molecule has 8 heteroatoms. The van der Waals surface area contributed by atoms with Crippen molar-refractivity contribution in [3.05, 3.63) is 17.5 Å². The van der Waals surface area contributed by atoms with Crippen LogP contribution in [0.15, 0.2) is 11.2 Å². The van der Waals surface area contributed by atoms with E-state index in [4.69, 9.17) is 5.11 Å². The molecule has 0 unspecified atom stereocenters. The molecule has 1 aliphatic carbocycles. The van der Waals surface area contributed by atoms with E-state index in [2.05, 4.69) is 9.97 Å². The van der Waals surface area contributed by atoms with Gasteiger partial charge in [0.15, 0.2) is 5.16 Å². The lowest BCUT2D eigenvalue weighted by Gasteiger charge is -2.09. The zero-order chi connectivity index (χ0) is 13.3. The second-order valence-corrected chi connectivity index (χ2v) is 4.86. The first kappa shape index (κ1) is 13.1. The molecule has 0 aromatic carbocycles. The number of nitrogens with zero attached hydrogens (tertiary/aromatic N) is 2. The molecule has 4 nitrogen and oxygen atoms in total. The van der Waals surface area contributed by atoms with Gasteiger partial charge in [-0.3, -0.25) is 4.79 Å². The van der Waals surface area contributed by atoms with E-state index in [1.165, 1.54) is 0 Å². The monoisotopic (exact) mass is 278 g/mol. The van der Waals surface area contributed by atoms with Gasteiger partial charge < -0.3 is 5.11 Å². The van der Waals surface area contributed by atoms with Crippen LogP contribution in [0.1, 0.15) is 30.1 Å². The van der Waals surface area contributed by atoms with Gasteiger partial charge in [-0.25, -0.2) is 9.97 Å². The van der Waals surface area contributed by atoms with Crippen LogP contribution in [0.3, 0.4) is 0 Å². The van der Waals surface area contributed by atoms with Gasteiger partial charge in [0.1, 0.15) is 5.69 Å². The van der Waals surface area contributed by atoms with Gasteiger partial charge in [0.25, 0.3) is 0 Å². The van der Waals surface area contributed by atoms with Gasteiger partial charge >= 0.3 is 12.1 Å². The molecule has 98 valence electrons. The van der Waals surface area contributed by atoms with Crippen molar-refractivity contribution in [1.82, 2.24) is 9.97 Å². The average Bonchev–Trinajstić information content (AvgIpc) is 3.08. The van der Waals surface area contributed by atoms with Crippen molar-refractivity contribution < 1.29 is 23.1 Å². The molecule has 0 bridgehead atoms. The molecule has 2 rings (SSSR count). The highest BCUT2D eigenvalue weighted by Gasteiger charge is 2.36. The molecule has 0 spiro atoms. The Labute approximate surface area is 105 Å². The molecule has 0 saturated heterocycles. The number of hydrogen-bond donors (Lipinski definition) is 1. The minimum absolute atomic E-state index is 0.0540. The fourth-order valence-electron chi connectivity index (χ4n) is 1.37. The van der Waals surface area contributed by atoms with Crippen LogP contribution in [0.5, 0.6) is 0 Å². The van der Waals surface area contributed by atoms with E-state index >= 15 is 0 Å². The minimum atomic E-state index is -4.54. The van der Waals surface area contributed by atoms with Crippen LogP contribution in [0.25, 0.3) is 0 Å². The van der Waals surface area contributed by atoms with E-state index < -0.39 is 17.8 Å². The number of alkyl halides is 3. The van der Waals surface area contributed by atoms with Crippen molar-refractivity contribution in [3.63, 3.8) is 0 Å². The number of aromatic nitrogens is 2. The Kier molecular flexibility index (Phi) is 3.47. The zero-order valence-corrected chi connectivity index (χ0v) is 9.88. The molecule has 1 aromatic rings. The third kappa shape index (κ3) is 3.34. The molecule has 1 aliphatic rings. The van der Waals surface area contributed by atoms with E-state index in [0.717, 1.165) is 18.9 Å². The van der Waals surface area contributed by atoms with Crippen molar-refractivity contribution in [3.8, 4) is 0 Å². The fraction of sp³-hybridized carbons (Fsp3) is 0.500. The third-order valence-corrected chi connectivity index (χ3v) is 3.17. The van der Waals surface area contributed by atoms with E-state index in [1.807, 2.05) is 0 Å². The van der Waals surface area contributed by atoms with E-state index in [9.17, 15) is 18.0 Å². The highest BCUT2D eigenvalue weighted by atomic mass is 32.2. The third-order valence-electron chi connectivity index (χ3n) is 2.34. The maximum absolute atomic E-state index is 12.6. The Balaban J connectivity index is 2.27. The zero-order valence-electron chi connectivity index (χ0n) is 9.07. The smallest absolute Gasteiger partial charge is 0.433 e. The van der Waals surface area contributed by atoms with Gasteiger partial charge in [-0.1, -0.05) is 11.8 Å². The predicted molar refractivity (Wildman–Crippen MR) is 57.4 cm³/mol. The van der Waals surface area contributed by atoms with Gasteiger partial charge in [-0.05, 0) is 18.9 Å². The molecule has 0 aliphatic heterocycles. The van der Waals surface area contributed by atoms with Gasteiger partial charge in [-0.15, -0.1) is 0 Å².